The molecule has 0 fully saturated rings. The summed E-state index contributed by atoms with van der Waals surface area (Å²) in [5.74, 6) is 0.293. The van der Waals surface area contributed by atoms with Gasteiger partial charge in [-0.05, 0) is 65.1 Å². The molecule has 41 heavy (non-hydrogen) atoms. The third kappa shape index (κ3) is 8.08. The van der Waals surface area contributed by atoms with Gasteiger partial charge in [-0.15, -0.1) is 0 Å². The quantitative estimate of drug-likeness (QED) is 0.220. The first kappa shape index (κ1) is 29.6. The average molecular weight is 575 g/mol. The highest BCUT2D eigenvalue weighted by atomic mass is 35.5. The molecule has 6 nitrogen and oxygen atoms in total. The van der Waals surface area contributed by atoms with Crippen LogP contribution in [0.2, 0.25) is 5.02 Å². The second kappa shape index (κ2) is 14.3. The SMILES string of the molecule is COc1ccc(CCNC(=O)[C@H](c2ccccc2)N(Cc2ccc(F)cc2)C(=O)Cc2ccc(Cl)cc2)cc1OC. The number of carbonyl (C=O) groups excluding carboxylic acids is 2. The molecular weight excluding hydrogens is 543 g/mol. The van der Waals surface area contributed by atoms with E-state index in [4.69, 9.17) is 21.1 Å². The third-order valence-electron chi connectivity index (χ3n) is 6.69. The molecule has 212 valence electrons. The zero-order valence-electron chi connectivity index (χ0n) is 23.0. The fourth-order valence-corrected chi connectivity index (χ4v) is 4.69. The van der Waals surface area contributed by atoms with Crippen molar-refractivity contribution in [2.45, 2.75) is 25.4 Å². The van der Waals surface area contributed by atoms with E-state index in [-0.39, 0.29) is 30.6 Å². The van der Waals surface area contributed by atoms with Crippen molar-refractivity contribution in [3.05, 3.63) is 130 Å². The molecule has 2 amide bonds. The van der Waals surface area contributed by atoms with Crippen LogP contribution in [0.4, 0.5) is 4.39 Å². The summed E-state index contributed by atoms with van der Waals surface area (Å²) in [4.78, 5) is 29.2. The topological polar surface area (TPSA) is 67.9 Å². The number of nitrogens with one attached hydrogen (secondary N) is 1. The molecule has 4 aromatic carbocycles. The van der Waals surface area contributed by atoms with Crippen LogP contribution < -0.4 is 14.8 Å². The minimum Gasteiger partial charge on any atom is -0.493 e. The first-order chi connectivity index (χ1) is 19.9. The van der Waals surface area contributed by atoms with Gasteiger partial charge in [-0.1, -0.05) is 72.3 Å². The van der Waals surface area contributed by atoms with Gasteiger partial charge in [-0.25, -0.2) is 4.39 Å². The highest BCUT2D eigenvalue weighted by Crippen LogP contribution is 2.28. The van der Waals surface area contributed by atoms with Gasteiger partial charge in [0.05, 0.1) is 20.6 Å². The van der Waals surface area contributed by atoms with Crippen LogP contribution >= 0.6 is 11.6 Å². The van der Waals surface area contributed by atoms with Gasteiger partial charge in [-0.3, -0.25) is 9.59 Å². The van der Waals surface area contributed by atoms with Crippen LogP contribution in [-0.4, -0.2) is 37.5 Å². The maximum Gasteiger partial charge on any atom is 0.247 e. The van der Waals surface area contributed by atoms with Crippen molar-refractivity contribution >= 4 is 23.4 Å². The molecule has 0 radical (unpaired) electrons. The molecular formula is C33H32ClFN2O4. The van der Waals surface area contributed by atoms with E-state index in [1.165, 1.54) is 12.1 Å². The van der Waals surface area contributed by atoms with Crippen LogP contribution in [-0.2, 0) is 29.0 Å². The van der Waals surface area contributed by atoms with E-state index in [9.17, 15) is 14.0 Å². The summed E-state index contributed by atoms with van der Waals surface area (Å²) in [6.45, 7) is 0.461. The minimum atomic E-state index is -0.911. The van der Waals surface area contributed by atoms with Crippen LogP contribution in [0.1, 0.15) is 28.3 Å². The Hall–Kier alpha value is -4.36. The van der Waals surface area contributed by atoms with Gasteiger partial charge in [0, 0.05) is 18.1 Å². The lowest BCUT2D eigenvalue weighted by molar-refractivity contribution is -0.141. The molecule has 0 aromatic heterocycles. The summed E-state index contributed by atoms with van der Waals surface area (Å²) in [5.41, 5.74) is 3.10. The maximum atomic E-state index is 13.8. The lowest BCUT2D eigenvalue weighted by Crippen LogP contribution is -2.44. The number of hydrogen-bond donors (Lipinski definition) is 1. The third-order valence-corrected chi connectivity index (χ3v) is 6.94. The minimum absolute atomic E-state index is 0.0701. The van der Waals surface area contributed by atoms with Crippen LogP contribution in [0.3, 0.4) is 0 Å². The summed E-state index contributed by atoms with van der Waals surface area (Å²) in [6.07, 6.45) is 0.616. The van der Waals surface area contributed by atoms with Crippen LogP contribution in [0.25, 0.3) is 0 Å². The first-order valence-electron chi connectivity index (χ1n) is 13.2. The lowest BCUT2D eigenvalue weighted by Gasteiger charge is -2.32. The van der Waals surface area contributed by atoms with E-state index in [0.717, 1.165) is 11.1 Å². The number of rotatable bonds is 12. The van der Waals surface area contributed by atoms with E-state index >= 15 is 0 Å². The monoisotopic (exact) mass is 574 g/mol. The van der Waals surface area contributed by atoms with Crippen LogP contribution in [0.15, 0.2) is 97.1 Å². The predicted molar refractivity (Wildman–Crippen MR) is 158 cm³/mol. The predicted octanol–water partition coefficient (Wildman–Crippen LogP) is 6.17. The van der Waals surface area contributed by atoms with Crippen LogP contribution in [0, 0.1) is 5.82 Å². The Morgan fingerprint density at radius 1 is 0.829 bits per heavy atom. The summed E-state index contributed by atoms with van der Waals surface area (Å²) in [5, 5.41) is 3.58. The van der Waals surface area contributed by atoms with E-state index < -0.39 is 6.04 Å². The van der Waals surface area contributed by atoms with Gasteiger partial charge >= 0.3 is 0 Å². The number of halogens is 2. The fraction of sp³-hybridized carbons (Fsp3) is 0.212. The van der Waals surface area contributed by atoms with E-state index in [1.807, 2.05) is 48.5 Å². The van der Waals surface area contributed by atoms with Crippen molar-refractivity contribution in [2.24, 2.45) is 0 Å². The molecule has 0 bridgehead atoms. The van der Waals surface area contributed by atoms with Gasteiger partial charge < -0.3 is 19.7 Å². The first-order valence-corrected chi connectivity index (χ1v) is 13.6. The zero-order chi connectivity index (χ0) is 29.2. The van der Waals surface area contributed by atoms with Gasteiger partial charge in [-0.2, -0.15) is 0 Å². The largest absolute Gasteiger partial charge is 0.493 e. The molecule has 0 aliphatic heterocycles. The molecule has 0 unspecified atom stereocenters. The summed E-state index contributed by atoms with van der Waals surface area (Å²) < 4.78 is 24.4. The number of ether oxygens (including phenoxy) is 2. The smallest absolute Gasteiger partial charge is 0.247 e. The second-order valence-electron chi connectivity index (χ2n) is 9.49. The molecule has 1 atom stereocenters. The van der Waals surface area contributed by atoms with Crippen molar-refractivity contribution < 1.29 is 23.5 Å². The van der Waals surface area contributed by atoms with Crippen molar-refractivity contribution in [1.29, 1.82) is 0 Å². The Morgan fingerprint density at radius 3 is 2.12 bits per heavy atom. The molecule has 4 rings (SSSR count). The number of benzene rings is 4. The van der Waals surface area contributed by atoms with Gasteiger partial charge in [0.2, 0.25) is 11.8 Å². The number of amides is 2. The van der Waals surface area contributed by atoms with Crippen molar-refractivity contribution in [1.82, 2.24) is 10.2 Å². The molecule has 1 N–H and O–H groups in total. The van der Waals surface area contributed by atoms with Gasteiger partial charge in [0.25, 0.3) is 0 Å². The second-order valence-corrected chi connectivity index (χ2v) is 9.93. The van der Waals surface area contributed by atoms with E-state index in [2.05, 4.69) is 5.32 Å². The average Bonchev–Trinajstić information content (AvgIpc) is 2.99. The Morgan fingerprint density at radius 2 is 1.46 bits per heavy atom. The highest BCUT2D eigenvalue weighted by Gasteiger charge is 2.31. The number of nitrogens with zero attached hydrogens (tertiary/aromatic N) is 1. The maximum absolute atomic E-state index is 13.8. The standard InChI is InChI=1S/C33H32ClFN2O4/c1-40-29-17-12-24(20-30(29)41-2)18-19-36-33(39)32(26-6-4-3-5-7-26)37(22-25-10-15-28(35)16-11-25)31(38)21-23-8-13-27(34)14-9-23/h3-17,20,32H,18-19,21-22H2,1-2H3,(H,36,39)/t32-/m0/s1. The van der Waals surface area contributed by atoms with Crippen molar-refractivity contribution in [3.63, 3.8) is 0 Å². The highest BCUT2D eigenvalue weighted by molar-refractivity contribution is 6.30. The molecule has 0 saturated carbocycles. The van der Waals surface area contributed by atoms with Crippen LogP contribution in [0.5, 0.6) is 11.5 Å². The summed E-state index contributed by atoms with van der Waals surface area (Å²) in [6, 6.07) is 26.8. The molecule has 8 heteroatoms. The molecule has 4 aromatic rings. The zero-order valence-corrected chi connectivity index (χ0v) is 23.7. The van der Waals surface area contributed by atoms with Crippen molar-refractivity contribution in [2.75, 3.05) is 20.8 Å². The lowest BCUT2D eigenvalue weighted by atomic mass is 10.0. The Labute approximate surface area is 244 Å². The molecule has 0 saturated heterocycles. The Balaban J connectivity index is 1.60. The number of hydrogen-bond acceptors (Lipinski definition) is 4. The van der Waals surface area contributed by atoms with Crippen molar-refractivity contribution in [3.8, 4) is 11.5 Å². The number of methoxy groups -OCH3 is 2. The molecule has 0 spiro atoms. The normalized spacial score (nSPS) is 11.4. The van der Waals surface area contributed by atoms with E-state index in [0.29, 0.717) is 40.6 Å². The Kier molecular flexibility index (Phi) is 10.3. The summed E-state index contributed by atoms with van der Waals surface area (Å²) in [7, 11) is 3.15. The molecule has 0 heterocycles. The fourth-order valence-electron chi connectivity index (χ4n) is 4.56. The molecule has 0 aliphatic rings. The number of carbonyl (C=O) groups is 2. The summed E-state index contributed by atoms with van der Waals surface area (Å²) >= 11 is 6.04. The van der Waals surface area contributed by atoms with Gasteiger partial charge in [0.1, 0.15) is 11.9 Å². The Bertz CT molecular complexity index is 1450. The van der Waals surface area contributed by atoms with Gasteiger partial charge in [0.15, 0.2) is 11.5 Å². The van der Waals surface area contributed by atoms with E-state index in [1.54, 1.807) is 55.5 Å². The molecule has 0 aliphatic carbocycles.